The number of thioether (sulfide) groups is 1. The molecule has 0 aliphatic rings. The molecule has 38 heavy (non-hydrogen) atoms. The van der Waals surface area contributed by atoms with E-state index in [4.69, 9.17) is 4.74 Å². The Morgan fingerprint density at radius 3 is 2.47 bits per heavy atom. The Hall–Kier alpha value is -3.56. The minimum Gasteiger partial charge on any atom is -0.456 e. The molecule has 0 atom stereocenters. The summed E-state index contributed by atoms with van der Waals surface area (Å²) < 4.78 is 21.8. The average molecular weight is 538 g/mol. The van der Waals surface area contributed by atoms with Crippen LogP contribution in [0, 0.1) is 19.7 Å². The second kappa shape index (κ2) is 10.7. The molecule has 2 aromatic carbocycles. The fourth-order valence-electron chi connectivity index (χ4n) is 4.41. The molecule has 0 fully saturated rings. The van der Waals surface area contributed by atoms with E-state index in [-0.39, 0.29) is 23.0 Å². The van der Waals surface area contributed by atoms with Gasteiger partial charge in [0.15, 0.2) is 0 Å². The van der Waals surface area contributed by atoms with E-state index in [0.717, 1.165) is 5.75 Å². The molecule has 4 aromatic rings. The summed E-state index contributed by atoms with van der Waals surface area (Å²) in [4.78, 5) is 29.0. The summed E-state index contributed by atoms with van der Waals surface area (Å²) in [7, 11) is 1.64. The molecule has 0 saturated heterocycles. The van der Waals surface area contributed by atoms with Gasteiger partial charge in [-0.3, -0.25) is 9.59 Å². The zero-order valence-corrected chi connectivity index (χ0v) is 23.2. The molecule has 0 saturated carbocycles. The maximum atomic E-state index is 13.9. The Bertz CT molecular complexity index is 1560. The molecule has 2 aromatic heterocycles. The molecule has 4 rings (SSSR count). The maximum absolute atomic E-state index is 13.9. The number of aliphatic hydroxyl groups is 1. The number of hydrogen-bond donors (Lipinski definition) is 3. The van der Waals surface area contributed by atoms with E-state index in [9.17, 15) is 19.1 Å². The topological polar surface area (TPSA) is 96.3 Å². The fourth-order valence-corrected chi connectivity index (χ4v) is 4.72. The van der Waals surface area contributed by atoms with Crippen molar-refractivity contribution in [2.45, 2.75) is 33.3 Å². The number of benzene rings is 2. The molecular formula is C29H32FN3O4S. The highest BCUT2D eigenvalue weighted by Gasteiger charge is 2.23. The van der Waals surface area contributed by atoms with Crippen LogP contribution in [-0.2, 0) is 12.6 Å². The van der Waals surface area contributed by atoms with Gasteiger partial charge < -0.3 is 24.7 Å². The van der Waals surface area contributed by atoms with E-state index in [0.29, 0.717) is 56.8 Å². The van der Waals surface area contributed by atoms with E-state index < -0.39 is 5.60 Å². The zero-order chi connectivity index (χ0) is 27.8. The highest BCUT2D eigenvalue weighted by molar-refractivity contribution is 7.98. The number of carbonyl (C=O) groups excluding carboxylic acids is 1. The van der Waals surface area contributed by atoms with Crippen molar-refractivity contribution in [2.75, 3.05) is 18.6 Å². The predicted molar refractivity (Wildman–Crippen MR) is 151 cm³/mol. The van der Waals surface area contributed by atoms with Crippen molar-refractivity contribution in [1.82, 2.24) is 14.9 Å². The predicted octanol–water partition coefficient (Wildman–Crippen LogP) is 5.40. The number of rotatable bonds is 8. The number of aryl methyl sites for hydroxylation is 3. The zero-order valence-electron chi connectivity index (χ0n) is 22.4. The third-order valence-corrected chi connectivity index (χ3v) is 7.02. The molecule has 0 bridgehead atoms. The van der Waals surface area contributed by atoms with Crippen LogP contribution in [0.5, 0.6) is 11.5 Å². The lowest BCUT2D eigenvalue weighted by Gasteiger charge is -2.22. The highest BCUT2D eigenvalue weighted by atomic mass is 32.2. The van der Waals surface area contributed by atoms with Gasteiger partial charge in [0.25, 0.3) is 11.5 Å². The SMILES string of the molecule is CSCCNC(=O)c1cc2c(=O)n(C)cc(-c3cc(C(C)(C)O)ccc3Oc3c(C)cc(F)cc3C)c2[nH]1. The van der Waals surface area contributed by atoms with Gasteiger partial charge in [0.05, 0.1) is 16.5 Å². The summed E-state index contributed by atoms with van der Waals surface area (Å²) in [6.45, 7) is 7.41. The summed E-state index contributed by atoms with van der Waals surface area (Å²) in [5.41, 5.74) is 2.47. The molecule has 0 spiro atoms. The molecule has 200 valence electrons. The quantitative estimate of drug-likeness (QED) is 0.262. The first-order chi connectivity index (χ1) is 17.9. The van der Waals surface area contributed by atoms with Crippen LogP contribution >= 0.6 is 11.8 Å². The van der Waals surface area contributed by atoms with Crippen LogP contribution in [0.2, 0.25) is 0 Å². The molecule has 0 aliphatic carbocycles. The third-order valence-electron chi connectivity index (χ3n) is 6.41. The van der Waals surface area contributed by atoms with Gasteiger partial charge in [0.2, 0.25) is 0 Å². The van der Waals surface area contributed by atoms with Gasteiger partial charge in [0.1, 0.15) is 23.0 Å². The molecular weight excluding hydrogens is 505 g/mol. The second-order valence-electron chi connectivity index (χ2n) is 9.92. The molecule has 1 amide bonds. The van der Waals surface area contributed by atoms with Gasteiger partial charge in [-0.1, -0.05) is 6.07 Å². The summed E-state index contributed by atoms with van der Waals surface area (Å²) in [5, 5.41) is 14.0. The lowest BCUT2D eigenvalue weighted by atomic mass is 9.93. The average Bonchev–Trinajstić information content (AvgIpc) is 3.29. The summed E-state index contributed by atoms with van der Waals surface area (Å²) in [6, 6.07) is 9.70. The number of H-pyrrole nitrogens is 1. The number of aromatic amines is 1. The van der Waals surface area contributed by atoms with Crippen LogP contribution in [0.3, 0.4) is 0 Å². The van der Waals surface area contributed by atoms with Gasteiger partial charge in [-0.25, -0.2) is 4.39 Å². The first-order valence-corrected chi connectivity index (χ1v) is 13.6. The minimum absolute atomic E-state index is 0.255. The van der Waals surface area contributed by atoms with Crippen molar-refractivity contribution in [3.63, 3.8) is 0 Å². The number of aromatic nitrogens is 2. The van der Waals surface area contributed by atoms with Crippen molar-refractivity contribution in [2.24, 2.45) is 7.05 Å². The summed E-state index contributed by atoms with van der Waals surface area (Å²) in [6.07, 6.45) is 3.64. The number of nitrogens with zero attached hydrogens (tertiary/aromatic N) is 1. The van der Waals surface area contributed by atoms with Crippen LogP contribution in [0.1, 0.15) is 41.0 Å². The number of fused-ring (bicyclic) bond motifs is 1. The molecule has 7 nitrogen and oxygen atoms in total. The molecule has 0 unspecified atom stereocenters. The Labute approximate surface area is 225 Å². The standard InChI is InChI=1S/C29H32FN3O4S/c1-16-11-19(30)12-17(2)26(16)37-24-8-7-18(29(3,4)36)13-20(24)22-15-33(5)28(35)21-14-23(32-25(21)22)27(34)31-9-10-38-6/h7-8,11-15,32,36H,9-10H2,1-6H3,(H,31,34). The van der Waals surface area contributed by atoms with Crippen molar-refractivity contribution in [3.05, 3.63) is 81.2 Å². The number of amides is 1. The molecule has 9 heteroatoms. The van der Waals surface area contributed by atoms with E-state index >= 15 is 0 Å². The fraction of sp³-hybridized carbons (Fsp3) is 0.310. The molecule has 0 aliphatic heterocycles. The van der Waals surface area contributed by atoms with Crippen LogP contribution in [0.4, 0.5) is 4.39 Å². The van der Waals surface area contributed by atoms with E-state index in [2.05, 4.69) is 10.3 Å². The van der Waals surface area contributed by atoms with Gasteiger partial charge in [0, 0.05) is 36.7 Å². The van der Waals surface area contributed by atoms with E-state index in [1.54, 1.807) is 70.9 Å². The van der Waals surface area contributed by atoms with Gasteiger partial charge in [-0.2, -0.15) is 11.8 Å². The van der Waals surface area contributed by atoms with Gasteiger partial charge in [-0.05, 0) is 81.0 Å². The Balaban J connectivity index is 1.93. The number of halogens is 1. The number of ether oxygens (including phenoxy) is 1. The first kappa shape index (κ1) is 27.5. The van der Waals surface area contributed by atoms with E-state index in [1.807, 2.05) is 12.3 Å². The minimum atomic E-state index is -1.15. The molecule has 0 radical (unpaired) electrons. The van der Waals surface area contributed by atoms with Crippen LogP contribution < -0.4 is 15.6 Å². The number of carbonyl (C=O) groups is 1. The lowest BCUT2D eigenvalue weighted by molar-refractivity contribution is 0.0786. The Kier molecular flexibility index (Phi) is 7.71. The highest BCUT2D eigenvalue weighted by Crippen LogP contribution is 2.40. The second-order valence-corrected chi connectivity index (χ2v) is 10.9. The van der Waals surface area contributed by atoms with Crippen molar-refractivity contribution in [1.29, 1.82) is 0 Å². The Morgan fingerprint density at radius 1 is 1.16 bits per heavy atom. The van der Waals surface area contributed by atoms with Crippen molar-refractivity contribution in [3.8, 4) is 22.6 Å². The van der Waals surface area contributed by atoms with Gasteiger partial charge in [-0.15, -0.1) is 0 Å². The van der Waals surface area contributed by atoms with Gasteiger partial charge >= 0.3 is 0 Å². The van der Waals surface area contributed by atoms with E-state index in [1.165, 1.54) is 16.7 Å². The third kappa shape index (κ3) is 5.49. The summed E-state index contributed by atoms with van der Waals surface area (Å²) in [5.74, 6) is 1.09. The lowest BCUT2D eigenvalue weighted by Crippen LogP contribution is -2.25. The monoisotopic (exact) mass is 537 g/mol. The molecule has 3 N–H and O–H groups in total. The number of nitrogens with one attached hydrogen (secondary N) is 2. The largest absolute Gasteiger partial charge is 0.456 e. The molecule has 2 heterocycles. The first-order valence-electron chi connectivity index (χ1n) is 12.2. The van der Waals surface area contributed by atoms with Crippen molar-refractivity contribution >= 4 is 28.6 Å². The Morgan fingerprint density at radius 2 is 1.84 bits per heavy atom. The maximum Gasteiger partial charge on any atom is 0.267 e. The van der Waals surface area contributed by atoms with Crippen LogP contribution in [0.15, 0.2) is 47.4 Å². The number of pyridine rings is 1. The number of hydrogen-bond acceptors (Lipinski definition) is 5. The summed E-state index contributed by atoms with van der Waals surface area (Å²) >= 11 is 1.62. The van der Waals surface area contributed by atoms with Crippen molar-refractivity contribution < 1.29 is 19.0 Å². The van der Waals surface area contributed by atoms with Crippen LogP contribution in [-0.4, -0.2) is 39.1 Å². The van der Waals surface area contributed by atoms with Crippen LogP contribution in [0.25, 0.3) is 22.0 Å². The smallest absolute Gasteiger partial charge is 0.267 e. The normalized spacial score (nSPS) is 11.7.